The van der Waals surface area contributed by atoms with Crippen LogP contribution in [0, 0.1) is 11.2 Å². The van der Waals surface area contributed by atoms with Crippen molar-refractivity contribution in [3.8, 4) is 0 Å². The zero-order chi connectivity index (χ0) is 17.9. The molecule has 7 heteroatoms. The first-order valence-corrected chi connectivity index (χ1v) is 9.12. The monoisotopic (exact) mass is 372 g/mol. The highest BCUT2D eigenvalue weighted by Gasteiger charge is 2.54. The van der Waals surface area contributed by atoms with Gasteiger partial charge in [-0.15, -0.1) is 0 Å². The van der Waals surface area contributed by atoms with Crippen molar-refractivity contribution in [2.45, 2.75) is 6.42 Å². The van der Waals surface area contributed by atoms with E-state index < -0.39 is 0 Å². The van der Waals surface area contributed by atoms with Gasteiger partial charge in [-0.05, 0) is 36.2 Å². The zero-order valence-electron chi connectivity index (χ0n) is 14.2. The van der Waals surface area contributed by atoms with Crippen molar-refractivity contribution in [3.63, 3.8) is 0 Å². The van der Waals surface area contributed by atoms with Crippen molar-refractivity contribution in [2.75, 3.05) is 42.5 Å². The van der Waals surface area contributed by atoms with Crippen LogP contribution in [0.15, 0.2) is 36.5 Å². The van der Waals surface area contributed by atoms with Gasteiger partial charge in [0, 0.05) is 61.1 Å². The summed E-state index contributed by atoms with van der Waals surface area (Å²) < 4.78 is 13.3. The van der Waals surface area contributed by atoms with Gasteiger partial charge in [0.1, 0.15) is 11.6 Å². The molecule has 0 bridgehead atoms. The lowest BCUT2D eigenvalue weighted by Crippen LogP contribution is -2.74. The number of carbonyl (C=O) groups excluding carboxylic acids is 1. The van der Waals surface area contributed by atoms with Crippen LogP contribution in [0.5, 0.6) is 0 Å². The number of likely N-dealkylation sites (tertiary alicyclic amines) is 1. The SMILES string of the molecule is O=C(N1CC2(C1)CN(c1cc(F)ccn1)C2)N1CCc2cc(Cl)ccc21. The molecular weight excluding hydrogens is 355 g/mol. The number of fused-ring (bicyclic) bond motifs is 1. The van der Waals surface area contributed by atoms with Crippen molar-refractivity contribution in [1.29, 1.82) is 0 Å². The number of urea groups is 1. The van der Waals surface area contributed by atoms with E-state index in [2.05, 4.69) is 9.88 Å². The molecule has 1 spiro atoms. The summed E-state index contributed by atoms with van der Waals surface area (Å²) in [6.07, 6.45) is 2.34. The average molecular weight is 373 g/mol. The molecule has 3 aliphatic rings. The van der Waals surface area contributed by atoms with Gasteiger partial charge in [-0.2, -0.15) is 0 Å². The number of rotatable bonds is 1. The Balaban J connectivity index is 1.21. The van der Waals surface area contributed by atoms with Crippen LogP contribution in [0.3, 0.4) is 0 Å². The average Bonchev–Trinajstić information content (AvgIpc) is 2.95. The number of hydrogen-bond acceptors (Lipinski definition) is 3. The number of anilines is 2. The summed E-state index contributed by atoms with van der Waals surface area (Å²) >= 11 is 6.04. The van der Waals surface area contributed by atoms with Crippen LogP contribution in [-0.2, 0) is 6.42 Å². The third-order valence-electron chi connectivity index (χ3n) is 5.58. The molecular formula is C19H18ClFN4O. The van der Waals surface area contributed by atoms with E-state index in [0.717, 1.165) is 43.9 Å². The van der Waals surface area contributed by atoms with E-state index >= 15 is 0 Å². The summed E-state index contributed by atoms with van der Waals surface area (Å²) in [5, 5.41) is 0.710. The zero-order valence-corrected chi connectivity index (χ0v) is 14.9. The van der Waals surface area contributed by atoms with Gasteiger partial charge in [0.15, 0.2) is 0 Å². The van der Waals surface area contributed by atoms with Crippen LogP contribution in [0.25, 0.3) is 0 Å². The minimum absolute atomic E-state index is 0.0685. The molecule has 0 saturated carbocycles. The number of hydrogen-bond donors (Lipinski definition) is 0. The molecule has 2 saturated heterocycles. The van der Waals surface area contributed by atoms with E-state index in [0.29, 0.717) is 17.4 Å². The first-order valence-electron chi connectivity index (χ1n) is 8.74. The Kier molecular flexibility index (Phi) is 3.41. The van der Waals surface area contributed by atoms with E-state index in [-0.39, 0.29) is 17.3 Å². The third kappa shape index (κ3) is 2.43. The molecule has 1 aromatic carbocycles. The molecule has 5 rings (SSSR count). The quantitative estimate of drug-likeness (QED) is 0.772. The fraction of sp³-hybridized carbons (Fsp3) is 0.368. The largest absolute Gasteiger partial charge is 0.355 e. The fourth-order valence-electron chi connectivity index (χ4n) is 4.33. The molecule has 2 fully saturated rings. The Morgan fingerprint density at radius 1 is 1.15 bits per heavy atom. The first kappa shape index (κ1) is 15.9. The molecule has 0 aliphatic carbocycles. The molecule has 2 aromatic rings. The maximum atomic E-state index is 13.3. The van der Waals surface area contributed by atoms with Crippen LogP contribution in [0.2, 0.25) is 5.02 Å². The second-order valence-electron chi connectivity index (χ2n) is 7.50. The summed E-state index contributed by atoms with van der Waals surface area (Å²) in [4.78, 5) is 22.9. The van der Waals surface area contributed by atoms with Gasteiger partial charge < -0.3 is 9.80 Å². The van der Waals surface area contributed by atoms with Gasteiger partial charge in [-0.25, -0.2) is 14.2 Å². The minimum atomic E-state index is -0.269. The summed E-state index contributed by atoms with van der Waals surface area (Å²) in [6.45, 7) is 3.84. The third-order valence-corrected chi connectivity index (χ3v) is 5.81. The highest BCUT2D eigenvalue weighted by Crippen LogP contribution is 2.42. The molecule has 2 amide bonds. The summed E-state index contributed by atoms with van der Waals surface area (Å²) in [7, 11) is 0. The van der Waals surface area contributed by atoms with Crippen molar-refractivity contribution < 1.29 is 9.18 Å². The maximum Gasteiger partial charge on any atom is 0.324 e. The number of amides is 2. The second kappa shape index (κ2) is 5.58. The molecule has 26 heavy (non-hydrogen) atoms. The number of nitrogens with zero attached hydrogens (tertiary/aromatic N) is 4. The van der Waals surface area contributed by atoms with Crippen LogP contribution in [0.4, 0.5) is 20.7 Å². The Bertz CT molecular complexity index is 891. The molecule has 0 radical (unpaired) electrons. The van der Waals surface area contributed by atoms with Crippen LogP contribution in [-0.4, -0.2) is 48.6 Å². The lowest BCUT2D eigenvalue weighted by molar-refractivity contribution is 0.00978. The molecule has 134 valence electrons. The Morgan fingerprint density at radius 2 is 1.96 bits per heavy atom. The molecule has 0 atom stereocenters. The molecule has 0 unspecified atom stereocenters. The molecule has 0 N–H and O–H groups in total. The van der Waals surface area contributed by atoms with E-state index in [1.54, 1.807) is 0 Å². The number of carbonyl (C=O) groups is 1. The second-order valence-corrected chi connectivity index (χ2v) is 7.94. The fourth-order valence-corrected chi connectivity index (χ4v) is 4.53. The number of pyridine rings is 1. The van der Waals surface area contributed by atoms with E-state index in [9.17, 15) is 9.18 Å². The number of benzene rings is 1. The van der Waals surface area contributed by atoms with Crippen molar-refractivity contribution in [2.24, 2.45) is 5.41 Å². The Hall–Kier alpha value is -2.34. The minimum Gasteiger partial charge on any atom is -0.355 e. The van der Waals surface area contributed by atoms with Gasteiger partial charge in [0.05, 0.1) is 0 Å². The van der Waals surface area contributed by atoms with Gasteiger partial charge in [0.25, 0.3) is 0 Å². The molecule has 4 heterocycles. The van der Waals surface area contributed by atoms with Gasteiger partial charge in [-0.3, -0.25) is 4.90 Å². The lowest BCUT2D eigenvalue weighted by Gasteiger charge is -2.60. The molecule has 3 aliphatic heterocycles. The smallest absolute Gasteiger partial charge is 0.324 e. The van der Waals surface area contributed by atoms with Gasteiger partial charge >= 0.3 is 6.03 Å². The van der Waals surface area contributed by atoms with Crippen molar-refractivity contribution in [1.82, 2.24) is 9.88 Å². The van der Waals surface area contributed by atoms with Gasteiger partial charge in [0.2, 0.25) is 0 Å². The highest BCUT2D eigenvalue weighted by molar-refractivity contribution is 6.30. The van der Waals surface area contributed by atoms with E-state index in [1.807, 2.05) is 28.0 Å². The van der Waals surface area contributed by atoms with Crippen LogP contribution >= 0.6 is 11.6 Å². The summed E-state index contributed by atoms with van der Waals surface area (Å²) in [5.41, 5.74) is 2.24. The van der Waals surface area contributed by atoms with Crippen molar-refractivity contribution in [3.05, 3.63) is 52.9 Å². The van der Waals surface area contributed by atoms with E-state index in [4.69, 9.17) is 11.6 Å². The van der Waals surface area contributed by atoms with Crippen molar-refractivity contribution >= 4 is 29.1 Å². The highest BCUT2D eigenvalue weighted by atomic mass is 35.5. The predicted molar refractivity (Wildman–Crippen MR) is 98.3 cm³/mol. The van der Waals surface area contributed by atoms with Crippen LogP contribution in [0.1, 0.15) is 5.56 Å². The summed E-state index contributed by atoms with van der Waals surface area (Å²) in [5.74, 6) is 0.403. The number of aromatic nitrogens is 1. The van der Waals surface area contributed by atoms with Gasteiger partial charge in [-0.1, -0.05) is 11.6 Å². The maximum absolute atomic E-state index is 13.3. The molecule has 1 aromatic heterocycles. The summed E-state index contributed by atoms with van der Waals surface area (Å²) in [6, 6.07) is 8.58. The first-order chi connectivity index (χ1) is 12.5. The normalized spacial score (nSPS) is 20.0. The lowest BCUT2D eigenvalue weighted by atomic mass is 9.73. The topological polar surface area (TPSA) is 39.7 Å². The Labute approximate surface area is 156 Å². The molecule has 5 nitrogen and oxygen atoms in total. The number of halogens is 2. The van der Waals surface area contributed by atoms with E-state index in [1.165, 1.54) is 18.3 Å². The standard InChI is InChI=1S/C19H18ClFN4O/c20-14-1-2-16-13(7-14)4-6-25(16)18(26)24-11-19(12-24)9-23(10-19)17-8-15(21)3-5-22-17/h1-3,5,7-8H,4,6,9-12H2. The Morgan fingerprint density at radius 3 is 2.73 bits per heavy atom. The predicted octanol–water partition coefficient (Wildman–Crippen LogP) is 3.18. The van der Waals surface area contributed by atoms with Crippen LogP contribution < -0.4 is 9.80 Å².